The van der Waals surface area contributed by atoms with Crippen LogP contribution in [-0.2, 0) is 4.79 Å². The molecule has 8 heteroatoms. The van der Waals surface area contributed by atoms with E-state index < -0.39 is 6.61 Å². The summed E-state index contributed by atoms with van der Waals surface area (Å²) in [6, 6.07) is 6.04. The third-order valence-corrected chi connectivity index (χ3v) is 4.30. The molecule has 0 spiro atoms. The average molecular weight is 353 g/mol. The molecule has 2 aliphatic rings. The second kappa shape index (κ2) is 7.77. The first-order chi connectivity index (χ1) is 12.0. The Labute approximate surface area is 144 Å². The van der Waals surface area contributed by atoms with Crippen molar-refractivity contribution in [2.24, 2.45) is 0 Å². The molecule has 2 amide bonds. The lowest BCUT2D eigenvalue weighted by atomic mass is 10.1. The summed E-state index contributed by atoms with van der Waals surface area (Å²) < 4.78 is 28.6. The molecule has 1 saturated heterocycles. The molecule has 0 radical (unpaired) electrons. The summed E-state index contributed by atoms with van der Waals surface area (Å²) in [5.41, 5.74) is 0.432. The summed E-state index contributed by atoms with van der Waals surface area (Å²) in [4.78, 5) is 28.0. The van der Waals surface area contributed by atoms with E-state index in [9.17, 15) is 18.4 Å². The number of rotatable bonds is 6. The summed E-state index contributed by atoms with van der Waals surface area (Å²) in [7, 11) is 0. The minimum atomic E-state index is -2.88. The first-order valence-electron chi connectivity index (χ1n) is 8.37. The number of carbonyl (C=O) groups is 2. The average Bonchev–Trinajstić information content (AvgIpc) is 3.39. The number of nitrogens with one attached hydrogen (secondary N) is 1. The van der Waals surface area contributed by atoms with Crippen LogP contribution in [-0.4, -0.2) is 67.0 Å². The number of nitrogens with zero attached hydrogens (tertiary/aromatic N) is 2. The van der Waals surface area contributed by atoms with E-state index in [1.165, 1.54) is 24.3 Å². The number of halogens is 2. The third kappa shape index (κ3) is 5.12. The van der Waals surface area contributed by atoms with Gasteiger partial charge in [-0.05, 0) is 37.1 Å². The highest BCUT2D eigenvalue weighted by atomic mass is 19.3. The van der Waals surface area contributed by atoms with Crippen LogP contribution in [0.2, 0.25) is 0 Å². The van der Waals surface area contributed by atoms with Crippen molar-refractivity contribution in [3.63, 3.8) is 0 Å². The maximum Gasteiger partial charge on any atom is 0.387 e. The normalized spacial score (nSPS) is 18.3. The highest BCUT2D eigenvalue weighted by Crippen LogP contribution is 2.19. The summed E-state index contributed by atoms with van der Waals surface area (Å²) >= 11 is 0. The standard InChI is InChI=1S/C17H21F2N3O3/c18-17(19)25-14-5-1-12(2-6-14)16(24)22-9-7-21(8-10-22)11-15(23)20-13-3-4-13/h1-2,5-6,13,17H,3-4,7-11H2,(H,20,23). The smallest absolute Gasteiger partial charge is 0.387 e. The van der Waals surface area contributed by atoms with Gasteiger partial charge in [0.15, 0.2) is 0 Å². The van der Waals surface area contributed by atoms with Crippen LogP contribution in [0, 0.1) is 0 Å². The van der Waals surface area contributed by atoms with Crippen LogP contribution in [0.5, 0.6) is 5.75 Å². The molecule has 1 N–H and O–H groups in total. The van der Waals surface area contributed by atoms with E-state index in [4.69, 9.17) is 0 Å². The Morgan fingerprint density at radius 1 is 1.12 bits per heavy atom. The number of hydrogen-bond acceptors (Lipinski definition) is 4. The topological polar surface area (TPSA) is 61.9 Å². The number of alkyl halides is 2. The highest BCUT2D eigenvalue weighted by molar-refractivity contribution is 5.94. The Balaban J connectivity index is 1.46. The van der Waals surface area contributed by atoms with E-state index >= 15 is 0 Å². The molecule has 1 aromatic rings. The monoisotopic (exact) mass is 353 g/mol. The number of ether oxygens (including phenoxy) is 1. The molecule has 136 valence electrons. The van der Waals surface area contributed by atoms with Crippen molar-refractivity contribution in [2.45, 2.75) is 25.5 Å². The fourth-order valence-electron chi connectivity index (χ4n) is 2.77. The lowest BCUT2D eigenvalue weighted by Gasteiger charge is -2.34. The van der Waals surface area contributed by atoms with E-state index in [0.717, 1.165) is 12.8 Å². The number of hydrogen-bond donors (Lipinski definition) is 1. The molecule has 1 aliphatic carbocycles. The predicted octanol–water partition coefficient (Wildman–Crippen LogP) is 1.32. The van der Waals surface area contributed by atoms with Crippen molar-refractivity contribution in [3.8, 4) is 5.75 Å². The molecular weight excluding hydrogens is 332 g/mol. The van der Waals surface area contributed by atoms with E-state index in [1.54, 1.807) is 4.90 Å². The van der Waals surface area contributed by atoms with E-state index in [0.29, 0.717) is 44.3 Å². The zero-order valence-corrected chi connectivity index (χ0v) is 13.8. The Bertz CT molecular complexity index is 612. The summed E-state index contributed by atoms with van der Waals surface area (Å²) in [6.07, 6.45) is 2.13. The van der Waals surface area contributed by atoms with Gasteiger partial charge in [0, 0.05) is 37.8 Å². The maximum atomic E-state index is 12.5. The Morgan fingerprint density at radius 3 is 2.32 bits per heavy atom. The SMILES string of the molecule is O=C(CN1CCN(C(=O)c2ccc(OC(F)F)cc2)CC1)NC1CC1. The predicted molar refractivity (Wildman–Crippen MR) is 86.6 cm³/mol. The highest BCUT2D eigenvalue weighted by Gasteiger charge is 2.26. The number of carbonyl (C=O) groups excluding carboxylic acids is 2. The number of piperazine rings is 1. The van der Waals surface area contributed by atoms with E-state index in [-0.39, 0.29) is 17.6 Å². The van der Waals surface area contributed by atoms with Gasteiger partial charge in [-0.15, -0.1) is 0 Å². The second-order valence-corrected chi connectivity index (χ2v) is 6.31. The fraction of sp³-hybridized carbons (Fsp3) is 0.529. The van der Waals surface area contributed by atoms with Gasteiger partial charge in [-0.2, -0.15) is 8.78 Å². The Hall–Kier alpha value is -2.22. The van der Waals surface area contributed by atoms with Crippen LogP contribution in [0.3, 0.4) is 0 Å². The lowest BCUT2D eigenvalue weighted by molar-refractivity contribution is -0.122. The second-order valence-electron chi connectivity index (χ2n) is 6.31. The van der Waals surface area contributed by atoms with Crippen molar-refractivity contribution >= 4 is 11.8 Å². The van der Waals surface area contributed by atoms with Gasteiger partial charge in [0.2, 0.25) is 5.91 Å². The van der Waals surface area contributed by atoms with Crippen LogP contribution < -0.4 is 10.1 Å². The first-order valence-corrected chi connectivity index (χ1v) is 8.37. The van der Waals surface area contributed by atoms with Gasteiger partial charge in [-0.25, -0.2) is 0 Å². The molecule has 1 heterocycles. The minimum Gasteiger partial charge on any atom is -0.435 e. The largest absolute Gasteiger partial charge is 0.435 e. The van der Waals surface area contributed by atoms with Gasteiger partial charge in [-0.1, -0.05) is 0 Å². The Kier molecular flexibility index (Phi) is 5.47. The quantitative estimate of drug-likeness (QED) is 0.838. The molecule has 3 rings (SSSR count). The van der Waals surface area contributed by atoms with Gasteiger partial charge >= 0.3 is 6.61 Å². The molecule has 1 aromatic carbocycles. The molecule has 2 fully saturated rings. The molecule has 0 atom stereocenters. The summed E-state index contributed by atoms with van der Waals surface area (Å²) in [5.74, 6) is -0.0828. The molecular formula is C17H21F2N3O3. The molecule has 1 aliphatic heterocycles. The van der Waals surface area contributed by atoms with Crippen LogP contribution >= 0.6 is 0 Å². The zero-order chi connectivity index (χ0) is 17.8. The fourth-order valence-corrected chi connectivity index (χ4v) is 2.77. The van der Waals surface area contributed by atoms with Crippen molar-refractivity contribution in [3.05, 3.63) is 29.8 Å². The van der Waals surface area contributed by atoms with Gasteiger partial charge in [0.05, 0.1) is 6.54 Å². The maximum absolute atomic E-state index is 12.5. The Morgan fingerprint density at radius 2 is 1.76 bits per heavy atom. The van der Waals surface area contributed by atoms with Crippen molar-refractivity contribution in [1.82, 2.24) is 15.1 Å². The van der Waals surface area contributed by atoms with Crippen molar-refractivity contribution in [1.29, 1.82) is 0 Å². The van der Waals surface area contributed by atoms with Gasteiger partial charge < -0.3 is 15.0 Å². The molecule has 1 saturated carbocycles. The van der Waals surface area contributed by atoms with Gasteiger partial charge in [-0.3, -0.25) is 14.5 Å². The number of amides is 2. The van der Waals surface area contributed by atoms with Crippen LogP contribution in [0.1, 0.15) is 23.2 Å². The molecule has 6 nitrogen and oxygen atoms in total. The molecule has 25 heavy (non-hydrogen) atoms. The lowest BCUT2D eigenvalue weighted by Crippen LogP contribution is -2.51. The molecule has 0 aromatic heterocycles. The van der Waals surface area contributed by atoms with Crippen molar-refractivity contribution < 1.29 is 23.1 Å². The summed E-state index contributed by atoms with van der Waals surface area (Å²) in [6.45, 7) is -0.188. The van der Waals surface area contributed by atoms with Crippen LogP contribution in [0.4, 0.5) is 8.78 Å². The molecule has 0 bridgehead atoms. The van der Waals surface area contributed by atoms with E-state index in [2.05, 4.69) is 10.1 Å². The van der Waals surface area contributed by atoms with Crippen LogP contribution in [0.25, 0.3) is 0 Å². The number of benzene rings is 1. The molecule has 0 unspecified atom stereocenters. The van der Waals surface area contributed by atoms with Gasteiger partial charge in [0.1, 0.15) is 5.75 Å². The van der Waals surface area contributed by atoms with Crippen molar-refractivity contribution in [2.75, 3.05) is 32.7 Å². The third-order valence-electron chi connectivity index (χ3n) is 4.30. The van der Waals surface area contributed by atoms with E-state index in [1.807, 2.05) is 4.90 Å². The minimum absolute atomic E-state index is 0.0260. The summed E-state index contributed by atoms with van der Waals surface area (Å²) in [5, 5.41) is 2.95. The van der Waals surface area contributed by atoms with Crippen LogP contribution in [0.15, 0.2) is 24.3 Å². The zero-order valence-electron chi connectivity index (χ0n) is 13.8. The van der Waals surface area contributed by atoms with Gasteiger partial charge in [0.25, 0.3) is 5.91 Å². The first kappa shape index (κ1) is 17.6.